The summed E-state index contributed by atoms with van der Waals surface area (Å²) in [5, 5.41) is 52.0. The summed E-state index contributed by atoms with van der Waals surface area (Å²) in [6, 6.07) is 8.06. The number of hydrogen-bond acceptors (Lipinski definition) is 9. The summed E-state index contributed by atoms with van der Waals surface area (Å²) in [6.07, 6.45) is -10.0. The molecular formula is C23H23Cl2NO10. The van der Waals surface area contributed by atoms with Gasteiger partial charge in [0.15, 0.2) is 6.10 Å². The smallest absolute Gasteiger partial charge is 0.409 e. The van der Waals surface area contributed by atoms with Crippen molar-refractivity contribution in [3.63, 3.8) is 0 Å². The van der Waals surface area contributed by atoms with Crippen molar-refractivity contribution in [2.75, 3.05) is 6.54 Å². The van der Waals surface area contributed by atoms with Gasteiger partial charge in [-0.25, -0.2) is 9.59 Å². The second-order valence-corrected chi connectivity index (χ2v) is 9.19. The number of carbonyl (C=O) groups excluding carboxylic acids is 1. The fraction of sp³-hybridized carbons (Fsp3) is 0.391. The van der Waals surface area contributed by atoms with Crippen molar-refractivity contribution >= 4 is 35.3 Å². The number of rotatable bonds is 5. The van der Waals surface area contributed by atoms with E-state index in [0.29, 0.717) is 39.8 Å². The molecule has 0 saturated carbocycles. The van der Waals surface area contributed by atoms with Crippen molar-refractivity contribution in [2.45, 2.75) is 49.7 Å². The number of alkyl carbamates (subject to hydrolysis) is 1. The standard InChI is InChI=1S/C23H23Cl2NO10/c24-13-2-1-3-14(25)15(13)12-7-10(27)6-9-4-5-11(34-19(9)12)8-26-23(33)36-22-18(30)16(28)17(29)20(35-22)21(31)32/h1-3,6-7,11,16-18,20,22,27-30H,4-5,8H2,(H,26,33)(H,31,32)/t11-,16?,17?,18?,20?,22?/m1/s1. The highest BCUT2D eigenvalue weighted by molar-refractivity contribution is 6.39. The highest BCUT2D eigenvalue weighted by Gasteiger charge is 2.48. The Labute approximate surface area is 214 Å². The Bertz CT molecular complexity index is 1140. The van der Waals surface area contributed by atoms with Crippen LogP contribution >= 0.6 is 23.2 Å². The van der Waals surface area contributed by atoms with Crippen LogP contribution in [0.4, 0.5) is 4.79 Å². The van der Waals surface area contributed by atoms with E-state index in [2.05, 4.69) is 5.32 Å². The first-order valence-corrected chi connectivity index (χ1v) is 11.7. The van der Waals surface area contributed by atoms with Crippen LogP contribution in [0.15, 0.2) is 30.3 Å². The highest BCUT2D eigenvalue weighted by Crippen LogP contribution is 2.45. The van der Waals surface area contributed by atoms with Crippen LogP contribution in [0.5, 0.6) is 11.5 Å². The zero-order chi connectivity index (χ0) is 26.1. The number of hydrogen-bond donors (Lipinski definition) is 6. The number of aliphatic hydroxyl groups is 3. The van der Waals surface area contributed by atoms with Gasteiger partial charge in [-0.1, -0.05) is 29.3 Å². The molecule has 5 unspecified atom stereocenters. The molecule has 2 aromatic rings. The molecule has 0 aliphatic carbocycles. The first-order chi connectivity index (χ1) is 17.1. The summed E-state index contributed by atoms with van der Waals surface area (Å²) in [5.41, 5.74) is 1.70. The molecule has 2 heterocycles. The largest absolute Gasteiger partial charge is 0.508 e. The van der Waals surface area contributed by atoms with E-state index in [-0.39, 0.29) is 12.3 Å². The molecule has 2 aromatic carbocycles. The number of phenolic OH excluding ortho intramolecular Hbond substituents is 1. The van der Waals surface area contributed by atoms with Crippen LogP contribution < -0.4 is 10.1 Å². The molecular weight excluding hydrogens is 521 g/mol. The van der Waals surface area contributed by atoms with E-state index in [0.717, 1.165) is 5.56 Å². The summed E-state index contributed by atoms with van der Waals surface area (Å²) in [7, 11) is 0. The van der Waals surface area contributed by atoms with Crippen molar-refractivity contribution in [1.29, 1.82) is 0 Å². The minimum absolute atomic E-state index is 0.0153. The molecule has 6 N–H and O–H groups in total. The number of nitrogens with one attached hydrogen (secondary N) is 1. The Morgan fingerprint density at radius 3 is 2.44 bits per heavy atom. The van der Waals surface area contributed by atoms with Crippen molar-refractivity contribution in [3.8, 4) is 22.6 Å². The molecule has 6 atom stereocenters. The molecule has 4 rings (SSSR count). The number of aliphatic carboxylic acids is 1. The number of phenols is 1. The maximum absolute atomic E-state index is 12.3. The zero-order valence-corrected chi connectivity index (χ0v) is 20.0. The quantitative estimate of drug-likeness (QED) is 0.325. The van der Waals surface area contributed by atoms with E-state index in [1.165, 1.54) is 6.07 Å². The van der Waals surface area contributed by atoms with Gasteiger partial charge in [-0.15, -0.1) is 0 Å². The molecule has 0 aromatic heterocycles. The molecule has 36 heavy (non-hydrogen) atoms. The summed E-state index contributed by atoms with van der Waals surface area (Å²) in [5.74, 6) is -1.14. The number of aliphatic hydroxyl groups excluding tert-OH is 3. The zero-order valence-electron chi connectivity index (χ0n) is 18.5. The Kier molecular flexibility index (Phi) is 7.79. The Balaban J connectivity index is 1.43. The van der Waals surface area contributed by atoms with Crippen molar-refractivity contribution < 1.29 is 49.3 Å². The monoisotopic (exact) mass is 543 g/mol. The van der Waals surface area contributed by atoms with E-state index in [9.17, 15) is 30.0 Å². The lowest BCUT2D eigenvalue weighted by atomic mass is 9.95. The van der Waals surface area contributed by atoms with Crippen LogP contribution in [0, 0.1) is 0 Å². The first-order valence-electron chi connectivity index (χ1n) is 10.9. The second-order valence-electron chi connectivity index (χ2n) is 8.38. The maximum atomic E-state index is 12.3. The number of halogens is 2. The minimum atomic E-state index is -1.91. The van der Waals surface area contributed by atoms with Crippen LogP contribution in [0.1, 0.15) is 12.0 Å². The van der Waals surface area contributed by atoms with Crippen LogP contribution in [0.2, 0.25) is 10.0 Å². The number of carboxylic acids is 1. The fourth-order valence-electron chi connectivity index (χ4n) is 4.12. The predicted molar refractivity (Wildman–Crippen MR) is 125 cm³/mol. The van der Waals surface area contributed by atoms with Gasteiger partial charge in [0.1, 0.15) is 35.9 Å². The van der Waals surface area contributed by atoms with Crippen molar-refractivity contribution in [1.82, 2.24) is 5.32 Å². The number of carboxylic acid groups (broad SMARTS) is 1. The van der Waals surface area contributed by atoms with Gasteiger partial charge in [0.25, 0.3) is 0 Å². The van der Waals surface area contributed by atoms with E-state index >= 15 is 0 Å². The highest BCUT2D eigenvalue weighted by atomic mass is 35.5. The van der Waals surface area contributed by atoms with Crippen LogP contribution in [-0.2, 0) is 20.7 Å². The van der Waals surface area contributed by atoms with E-state index in [1.807, 2.05) is 0 Å². The molecule has 2 aliphatic heterocycles. The minimum Gasteiger partial charge on any atom is -0.508 e. The third kappa shape index (κ3) is 5.31. The van der Waals surface area contributed by atoms with E-state index < -0.39 is 48.9 Å². The van der Waals surface area contributed by atoms with E-state index in [4.69, 9.17) is 42.5 Å². The van der Waals surface area contributed by atoms with Crippen LogP contribution in [0.3, 0.4) is 0 Å². The maximum Gasteiger partial charge on any atom is 0.409 e. The summed E-state index contributed by atoms with van der Waals surface area (Å²) >= 11 is 12.7. The number of ether oxygens (including phenoxy) is 3. The average molecular weight is 544 g/mol. The Morgan fingerprint density at radius 1 is 1.08 bits per heavy atom. The molecule has 11 nitrogen and oxygen atoms in total. The van der Waals surface area contributed by atoms with Crippen LogP contribution in [-0.4, -0.2) is 80.9 Å². The fourth-order valence-corrected chi connectivity index (χ4v) is 4.72. The summed E-state index contributed by atoms with van der Waals surface area (Å²) in [4.78, 5) is 23.5. The van der Waals surface area contributed by atoms with Gasteiger partial charge in [0, 0.05) is 11.1 Å². The van der Waals surface area contributed by atoms with E-state index in [1.54, 1.807) is 24.3 Å². The average Bonchev–Trinajstić information content (AvgIpc) is 2.82. The molecule has 2 aliphatic rings. The lowest BCUT2D eigenvalue weighted by Gasteiger charge is -2.38. The molecule has 0 bridgehead atoms. The number of aryl methyl sites for hydroxylation is 1. The number of fused-ring (bicyclic) bond motifs is 1. The molecule has 13 heteroatoms. The molecule has 194 valence electrons. The normalized spacial score (nSPS) is 27.5. The van der Waals surface area contributed by atoms with Gasteiger partial charge in [-0.05, 0) is 42.7 Å². The Morgan fingerprint density at radius 2 is 1.78 bits per heavy atom. The predicted octanol–water partition coefficient (Wildman–Crippen LogP) is 1.68. The molecule has 1 amide bonds. The number of amides is 1. The van der Waals surface area contributed by atoms with Gasteiger partial charge < -0.3 is 45.1 Å². The molecule has 0 spiro atoms. The SMILES string of the molecule is O=C(NC[C@H]1CCc2cc(O)cc(-c3c(Cl)cccc3Cl)c2O1)OC1OC(C(=O)O)C(O)C(O)C1O. The van der Waals surface area contributed by atoms with Crippen LogP contribution in [0.25, 0.3) is 11.1 Å². The van der Waals surface area contributed by atoms with Gasteiger partial charge >= 0.3 is 12.1 Å². The molecule has 0 radical (unpaired) electrons. The third-order valence-corrected chi connectivity index (χ3v) is 6.54. The Hall–Kier alpha value is -2.80. The topological polar surface area (TPSA) is 175 Å². The lowest BCUT2D eigenvalue weighted by Crippen LogP contribution is -2.61. The van der Waals surface area contributed by atoms with Crippen molar-refractivity contribution in [2.24, 2.45) is 0 Å². The third-order valence-electron chi connectivity index (χ3n) is 5.91. The number of benzene rings is 2. The van der Waals surface area contributed by atoms with Gasteiger partial charge in [0.05, 0.1) is 16.6 Å². The number of carbonyl (C=O) groups is 2. The number of aromatic hydroxyl groups is 1. The van der Waals surface area contributed by atoms with Gasteiger partial charge in [0.2, 0.25) is 6.29 Å². The summed E-state index contributed by atoms with van der Waals surface area (Å²) in [6.45, 7) is -0.0365. The first kappa shape index (κ1) is 26.3. The van der Waals surface area contributed by atoms with Gasteiger partial charge in [-0.3, -0.25) is 0 Å². The van der Waals surface area contributed by atoms with Crippen molar-refractivity contribution in [3.05, 3.63) is 45.9 Å². The lowest BCUT2D eigenvalue weighted by molar-refractivity contribution is -0.278. The summed E-state index contributed by atoms with van der Waals surface area (Å²) < 4.78 is 15.9. The van der Waals surface area contributed by atoms with Gasteiger partial charge in [-0.2, -0.15) is 0 Å². The molecule has 1 fully saturated rings. The second kappa shape index (κ2) is 10.7. The molecule has 1 saturated heterocycles.